The lowest BCUT2D eigenvalue weighted by Gasteiger charge is -2.11. The van der Waals surface area contributed by atoms with Crippen LogP contribution in [0, 0.1) is 6.92 Å². The van der Waals surface area contributed by atoms with Crippen LogP contribution < -0.4 is 10.6 Å². The van der Waals surface area contributed by atoms with E-state index in [0.29, 0.717) is 6.54 Å². The van der Waals surface area contributed by atoms with Crippen molar-refractivity contribution in [1.82, 2.24) is 9.97 Å². The first kappa shape index (κ1) is 10.7. The largest absolute Gasteiger partial charge is 0.392 e. The number of aromatic nitrogens is 2. The predicted octanol–water partition coefficient (Wildman–Crippen LogP) is 0.619. The van der Waals surface area contributed by atoms with Gasteiger partial charge in [-0.15, -0.1) is 0 Å². The molecule has 1 aromatic rings. The zero-order chi connectivity index (χ0) is 10.6. The first-order valence-electron chi connectivity index (χ1n) is 4.56. The summed E-state index contributed by atoms with van der Waals surface area (Å²) in [7, 11) is 1.81. The topological polar surface area (TPSA) is 70.1 Å². The van der Waals surface area contributed by atoms with Crippen molar-refractivity contribution in [3.8, 4) is 0 Å². The number of aliphatic hydroxyl groups excluding tert-OH is 1. The highest BCUT2D eigenvalue weighted by Crippen LogP contribution is 2.16. The lowest BCUT2D eigenvalue weighted by atomic mass is 10.3. The van der Waals surface area contributed by atoms with Gasteiger partial charge >= 0.3 is 0 Å². The molecule has 5 heteroatoms. The Morgan fingerprint density at radius 2 is 2.07 bits per heavy atom. The van der Waals surface area contributed by atoms with E-state index in [-0.39, 0.29) is 6.10 Å². The van der Waals surface area contributed by atoms with Gasteiger partial charge in [0.25, 0.3) is 0 Å². The van der Waals surface area contributed by atoms with Gasteiger partial charge in [0, 0.05) is 19.2 Å². The molecular formula is C9H16N4O. The first-order chi connectivity index (χ1) is 6.65. The Bertz CT molecular complexity index is 301. The van der Waals surface area contributed by atoms with Crippen molar-refractivity contribution in [1.29, 1.82) is 0 Å². The molecule has 0 bridgehead atoms. The highest BCUT2D eigenvalue weighted by molar-refractivity contribution is 5.55. The minimum absolute atomic E-state index is 0.387. The third-order valence-corrected chi connectivity index (χ3v) is 1.89. The van der Waals surface area contributed by atoms with Crippen molar-refractivity contribution in [3.63, 3.8) is 0 Å². The molecule has 0 aliphatic heterocycles. The van der Waals surface area contributed by atoms with Crippen molar-refractivity contribution in [2.24, 2.45) is 0 Å². The van der Waals surface area contributed by atoms with Gasteiger partial charge in [-0.1, -0.05) is 0 Å². The lowest BCUT2D eigenvalue weighted by Crippen LogP contribution is -2.17. The second-order valence-electron chi connectivity index (χ2n) is 3.18. The molecular weight excluding hydrogens is 180 g/mol. The molecule has 0 aliphatic carbocycles. The Morgan fingerprint density at radius 1 is 1.43 bits per heavy atom. The fraction of sp³-hybridized carbons (Fsp3) is 0.556. The summed E-state index contributed by atoms with van der Waals surface area (Å²) in [6.07, 6.45) is 1.10. The van der Waals surface area contributed by atoms with Crippen LogP contribution in [-0.4, -0.2) is 34.8 Å². The van der Waals surface area contributed by atoms with Crippen LogP contribution in [0.4, 0.5) is 11.6 Å². The van der Waals surface area contributed by atoms with E-state index in [1.807, 2.05) is 14.0 Å². The van der Waals surface area contributed by atoms with Crippen molar-refractivity contribution < 1.29 is 5.11 Å². The van der Waals surface area contributed by atoms with E-state index in [9.17, 15) is 0 Å². The molecule has 5 nitrogen and oxygen atoms in total. The SMILES string of the molecule is CNc1ncnc(NCC(C)O)c1C. The van der Waals surface area contributed by atoms with Gasteiger partial charge in [0.2, 0.25) is 0 Å². The predicted molar refractivity (Wildman–Crippen MR) is 56.5 cm³/mol. The second-order valence-corrected chi connectivity index (χ2v) is 3.18. The van der Waals surface area contributed by atoms with Crippen LogP contribution in [0.15, 0.2) is 6.33 Å². The monoisotopic (exact) mass is 196 g/mol. The Labute approximate surface area is 83.6 Å². The number of hydrogen-bond acceptors (Lipinski definition) is 5. The maximum Gasteiger partial charge on any atom is 0.134 e. The minimum atomic E-state index is -0.387. The maximum absolute atomic E-state index is 9.11. The normalized spacial score (nSPS) is 12.3. The summed E-state index contributed by atoms with van der Waals surface area (Å²) in [4.78, 5) is 8.15. The fourth-order valence-corrected chi connectivity index (χ4v) is 1.12. The highest BCUT2D eigenvalue weighted by Gasteiger charge is 2.05. The van der Waals surface area contributed by atoms with Crippen LogP contribution in [0.3, 0.4) is 0 Å². The molecule has 78 valence electrons. The molecule has 0 radical (unpaired) electrons. The number of aliphatic hydroxyl groups is 1. The number of rotatable bonds is 4. The average molecular weight is 196 g/mol. The zero-order valence-corrected chi connectivity index (χ0v) is 8.70. The molecule has 0 amide bonds. The van der Waals surface area contributed by atoms with Crippen LogP contribution in [0.25, 0.3) is 0 Å². The summed E-state index contributed by atoms with van der Waals surface area (Å²) in [5, 5.41) is 15.1. The molecule has 1 heterocycles. The minimum Gasteiger partial charge on any atom is -0.392 e. The number of nitrogens with zero attached hydrogens (tertiary/aromatic N) is 2. The van der Waals surface area contributed by atoms with Gasteiger partial charge in [-0.05, 0) is 13.8 Å². The van der Waals surface area contributed by atoms with Gasteiger partial charge in [0.1, 0.15) is 18.0 Å². The molecule has 0 aliphatic rings. The first-order valence-corrected chi connectivity index (χ1v) is 4.56. The van der Waals surface area contributed by atoms with Crippen LogP contribution in [0.1, 0.15) is 12.5 Å². The molecule has 3 N–H and O–H groups in total. The van der Waals surface area contributed by atoms with E-state index in [0.717, 1.165) is 17.2 Å². The zero-order valence-electron chi connectivity index (χ0n) is 8.70. The summed E-state index contributed by atoms with van der Waals surface area (Å²) >= 11 is 0. The van der Waals surface area contributed by atoms with Gasteiger partial charge in [0.05, 0.1) is 6.10 Å². The van der Waals surface area contributed by atoms with Crippen molar-refractivity contribution in [2.45, 2.75) is 20.0 Å². The Kier molecular flexibility index (Phi) is 3.64. The fourth-order valence-electron chi connectivity index (χ4n) is 1.12. The van der Waals surface area contributed by atoms with E-state index >= 15 is 0 Å². The van der Waals surface area contributed by atoms with E-state index in [1.165, 1.54) is 6.33 Å². The van der Waals surface area contributed by atoms with E-state index in [1.54, 1.807) is 6.92 Å². The van der Waals surface area contributed by atoms with Crippen molar-refractivity contribution >= 4 is 11.6 Å². The van der Waals surface area contributed by atoms with E-state index in [4.69, 9.17) is 5.11 Å². The third-order valence-electron chi connectivity index (χ3n) is 1.89. The number of anilines is 2. The summed E-state index contributed by atoms with van der Waals surface area (Å²) in [5.41, 5.74) is 0.954. The quantitative estimate of drug-likeness (QED) is 0.658. The van der Waals surface area contributed by atoms with Crippen LogP contribution >= 0.6 is 0 Å². The van der Waals surface area contributed by atoms with Crippen molar-refractivity contribution in [3.05, 3.63) is 11.9 Å². The van der Waals surface area contributed by atoms with Gasteiger partial charge in [-0.3, -0.25) is 0 Å². The number of nitrogens with one attached hydrogen (secondary N) is 2. The molecule has 0 fully saturated rings. The Balaban J connectivity index is 2.76. The highest BCUT2D eigenvalue weighted by atomic mass is 16.3. The summed E-state index contributed by atoms with van der Waals surface area (Å²) in [5.74, 6) is 1.55. The lowest BCUT2D eigenvalue weighted by molar-refractivity contribution is 0.208. The van der Waals surface area contributed by atoms with Gasteiger partial charge < -0.3 is 15.7 Å². The third kappa shape index (κ3) is 2.56. The molecule has 0 spiro atoms. The van der Waals surface area contributed by atoms with Crippen LogP contribution in [0.5, 0.6) is 0 Å². The molecule has 0 saturated heterocycles. The standard InChI is InChI=1S/C9H16N4O/c1-6(14)4-11-9-7(2)8(10-3)12-5-13-9/h5-6,14H,4H2,1-3H3,(H2,10,11,12,13). The molecule has 1 aromatic heterocycles. The van der Waals surface area contributed by atoms with Gasteiger partial charge in [-0.2, -0.15) is 0 Å². The molecule has 1 atom stereocenters. The van der Waals surface area contributed by atoms with Gasteiger partial charge in [-0.25, -0.2) is 9.97 Å². The summed E-state index contributed by atoms with van der Waals surface area (Å²) in [6.45, 7) is 4.14. The second kappa shape index (κ2) is 4.76. The van der Waals surface area contributed by atoms with Crippen molar-refractivity contribution in [2.75, 3.05) is 24.2 Å². The Morgan fingerprint density at radius 3 is 2.64 bits per heavy atom. The smallest absolute Gasteiger partial charge is 0.134 e. The molecule has 1 unspecified atom stereocenters. The van der Waals surface area contributed by atoms with E-state index < -0.39 is 0 Å². The Hall–Kier alpha value is -1.36. The molecule has 14 heavy (non-hydrogen) atoms. The van der Waals surface area contributed by atoms with Crippen LogP contribution in [0.2, 0.25) is 0 Å². The molecule has 0 saturated carbocycles. The maximum atomic E-state index is 9.11. The molecule has 1 rings (SSSR count). The van der Waals surface area contributed by atoms with Gasteiger partial charge in [0.15, 0.2) is 0 Å². The average Bonchev–Trinajstić information content (AvgIpc) is 2.16. The summed E-state index contributed by atoms with van der Waals surface area (Å²) < 4.78 is 0. The van der Waals surface area contributed by atoms with E-state index in [2.05, 4.69) is 20.6 Å². The molecule has 0 aromatic carbocycles. The van der Waals surface area contributed by atoms with Crippen LogP contribution in [-0.2, 0) is 0 Å². The number of hydrogen-bond donors (Lipinski definition) is 3. The summed E-state index contributed by atoms with van der Waals surface area (Å²) in [6, 6.07) is 0.